The molecule has 3 aromatic rings. The van der Waals surface area contributed by atoms with E-state index in [-0.39, 0.29) is 5.91 Å². The van der Waals surface area contributed by atoms with E-state index in [2.05, 4.69) is 27.1 Å². The number of rotatable bonds is 5. The van der Waals surface area contributed by atoms with E-state index in [0.29, 0.717) is 18.9 Å². The lowest BCUT2D eigenvalue weighted by Gasteiger charge is -2.27. The van der Waals surface area contributed by atoms with E-state index < -0.39 is 0 Å². The van der Waals surface area contributed by atoms with Crippen LogP contribution in [0, 0.1) is 0 Å². The van der Waals surface area contributed by atoms with Crippen LogP contribution in [0.5, 0.6) is 0 Å². The number of anilines is 2. The van der Waals surface area contributed by atoms with Gasteiger partial charge in [-0.25, -0.2) is 9.97 Å². The number of ether oxygens (including phenoxy) is 1. The summed E-state index contributed by atoms with van der Waals surface area (Å²) < 4.78 is 5.40. The lowest BCUT2D eigenvalue weighted by molar-refractivity contribution is 0.102. The monoisotopic (exact) mass is 394 g/mol. The summed E-state index contributed by atoms with van der Waals surface area (Å²) in [6.07, 6.45) is 2.76. The number of amides is 1. The van der Waals surface area contributed by atoms with Crippen molar-refractivity contribution < 1.29 is 9.53 Å². The summed E-state index contributed by atoms with van der Waals surface area (Å²) in [5.74, 6) is 0.715. The first kappa shape index (κ1) is 18.6. The van der Waals surface area contributed by atoms with Crippen molar-refractivity contribution in [1.29, 1.82) is 0 Å². The molecule has 0 bridgehead atoms. The molecule has 1 aliphatic rings. The molecule has 1 fully saturated rings. The van der Waals surface area contributed by atoms with Crippen LogP contribution in [0.2, 0.25) is 0 Å². The topological polar surface area (TPSA) is 67.4 Å². The summed E-state index contributed by atoms with van der Waals surface area (Å²) in [6.45, 7) is 5.20. The number of hydrogen-bond acceptors (Lipinski definition) is 6. The Balaban J connectivity index is 1.48. The van der Waals surface area contributed by atoms with Crippen molar-refractivity contribution in [3.63, 3.8) is 0 Å². The largest absolute Gasteiger partial charge is 0.378 e. The Hall–Kier alpha value is -2.77. The Labute approximate surface area is 168 Å². The maximum absolute atomic E-state index is 12.5. The second-order valence-corrected chi connectivity index (χ2v) is 7.40. The molecule has 144 valence electrons. The van der Waals surface area contributed by atoms with E-state index in [4.69, 9.17) is 4.74 Å². The highest BCUT2D eigenvalue weighted by molar-refractivity contribution is 7.13. The first-order chi connectivity index (χ1) is 13.7. The first-order valence-corrected chi connectivity index (χ1v) is 10.3. The predicted molar refractivity (Wildman–Crippen MR) is 112 cm³/mol. The van der Waals surface area contributed by atoms with Crippen LogP contribution in [0.15, 0.2) is 48.0 Å². The van der Waals surface area contributed by atoms with Gasteiger partial charge in [0, 0.05) is 35.9 Å². The van der Waals surface area contributed by atoms with E-state index in [1.807, 2.05) is 36.4 Å². The normalized spacial score (nSPS) is 14.1. The highest BCUT2D eigenvalue weighted by atomic mass is 32.1. The molecule has 0 saturated carbocycles. The van der Waals surface area contributed by atoms with Crippen LogP contribution < -0.4 is 10.2 Å². The molecule has 0 radical (unpaired) electrons. The molecule has 0 atom stereocenters. The van der Waals surface area contributed by atoms with Gasteiger partial charge in [-0.05, 0) is 36.2 Å². The van der Waals surface area contributed by atoms with Gasteiger partial charge in [-0.1, -0.05) is 19.1 Å². The highest BCUT2D eigenvalue weighted by Crippen LogP contribution is 2.27. The molecular formula is C21H22N4O2S. The predicted octanol–water partition coefficient (Wildman–Crippen LogP) is 3.86. The van der Waals surface area contributed by atoms with Gasteiger partial charge in [0.2, 0.25) is 0 Å². The van der Waals surface area contributed by atoms with E-state index in [1.54, 1.807) is 11.6 Å². The van der Waals surface area contributed by atoms with E-state index in [9.17, 15) is 4.79 Å². The summed E-state index contributed by atoms with van der Waals surface area (Å²) in [5.41, 5.74) is 3.40. The molecule has 4 rings (SSSR count). The second kappa shape index (κ2) is 8.50. The molecule has 3 heterocycles. The number of pyridine rings is 1. The number of hydrogen-bond donors (Lipinski definition) is 1. The van der Waals surface area contributed by atoms with Gasteiger partial charge >= 0.3 is 0 Å². The van der Waals surface area contributed by atoms with Crippen molar-refractivity contribution in [2.75, 3.05) is 36.5 Å². The molecule has 6 nitrogen and oxygen atoms in total. The lowest BCUT2D eigenvalue weighted by atomic mass is 10.1. The van der Waals surface area contributed by atoms with Crippen molar-refractivity contribution in [3.05, 3.63) is 59.2 Å². The molecule has 2 aromatic heterocycles. The number of carbonyl (C=O) groups is 1. The van der Waals surface area contributed by atoms with Gasteiger partial charge in [0.1, 0.15) is 16.5 Å². The number of morpholine rings is 1. The van der Waals surface area contributed by atoms with Crippen LogP contribution in [0.4, 0.5) is 11.5 Å². The lowest BCUT2D eigenvalue weighted by Crippen LogP contribution is -2.36. The fourth-order valence-corrected chi connectivity index (χ4v) is 3.84. The summed E-state index contributed by atoms with van der Waals surface area (Å²) in [4.78, 5) is 23.7. The zero-order valence-corrected chi connectivity index (χ0v) is 16.5. The van der Waals surface area contributed by atoms with E-state index in [1.165, 1.54) is 16.9 Å². The van der Waals surface area contributed by atoms with Gasteiger partial charge < -0.3 is 15.0 Å². The number of nitrogens with one attached hydrogen (secondary N) is 1. The Morgan fingerprint density at radius 1 is 1.21 bits per heavy atom. The van der Waals surface area contributed by atoms with Gasteiger partial charge in [-0.2, -0.15) is 0 Å². The fraction of sp³-hybridized carbons (Fsp3) is 0.286. The molecule has 1 amide bonds. The zero-order valence-electron chi connectivity index (χ0n) is 15.7. The second-order valence-electron chi connectivity index (χ2n) is 6.54. The third-order valence-electron chi connectivity index (χ3n) is 4.68. The third kappa shape index (κ3) is 4.21. The molecule has 0 spiro atoms. The van der Waals surface area contributed by atoms with E-state index >= 15 is 0 Å². The van der Waals surface area contributed by atoms with Crippen molar-refractivity contribution in [3.8, 4) is 10.6 Å². The average molecular weight is 395 g/mol. The molecule has 1 aliphatic heterocycles. The third-order valence-corrected chi connectivity index (χ3v) is 5.58. The van der Waals surface area contributed by atoms with Crippen molar-refractivity contribution >= 4 is 28.7 Å². The van der Waals surface area contributed by atoms with Crippen molar-refractivity contribution in [1.82, 2.24) is 9.97 Å². The fourth-order valence-electron chi connectivity index (χ4n) is 3.05. The molecular weight excluding hydrogens is 372 g/mol. The van der Waals surface area contributed by atoms with Crippen molar-refractivity contribution in [2.45, 2.75) is 13.3 Å². The highest BCUT2D eigenvalue weighted by Gasteiger charge is 2.16. The summed E-state index contributed by atoms with van der Waals surface area (Å²) in [7, 11) is 0. The smallest absolute Gasteiger partial charge is 0.275 e. The van der Waals surface area contributed by atoms with Crippen LogP contribution in [0.1, 0.15) is 23.0 Å². The minimum atomic E-state index is -0.200. The molecule has 1 saturated heterocycles. The maximum Gasteiger partial charge on any atom is 0.275 e. The zero-order chi connectivity index (χ0) is 19.3. The summed E-state index contributed by atoms with van der Waals surface area (Å²) in [5, 5.41) is 5.51. The number of aromatic nitrogens is 2. The van der Waals surface area contributed by atoms with Gasteiger partial charge in [0.05, 0.1) is 13.2 Å². The minimum absolute atomic E-state index is 0.200. The van der Waals surface area contributed by atoms with Gasteiger partial charge in [-0.3, -0.25) is 4.79 Å². The Morgan fingerprint density at radius 3 is 2.75 bits per heavy atom. The standard InChI is InChI=1S/C21H22N4O2S/c1-2-15-3-5-17(6-4-15)23-20(26)18-14-28-21(24-18)16-7-8-22-19(13-16)25-9-11-27-12-10-25/h3-8,13-14H,2,9-12H2,1H3,(H,23,26). The Bertz CT molecular complexity index is 949. The van der Waals surface area contributed by atoms with Crippen molar-refractivity contribution in [2.24, 2.45) is 0 Å². The molecule has 0 unspecified atom stereocenters. The van der Waals surface area contributed by atoms with Crippen LogP contribution in [0.3, 0.4) is 0 Å². The van der Waals surface area contributed by atoms with Crippen LogP contribution in [0.25, 0.3) is 10.6 Å². The number of aryl methyl sites for hydroxylation is 1. The molecule has 7 heteroatoms. The minimum Gasteiger partial charge on any atom is -0.378 e. The maximum atomic E-state index is 12.5. The Kier molecular flexibility index (Phi) is 5.64. The van der Waals surface area contributed by atoms with Crippen LogP contribution >= 0.6 is 11.3 Å². The van der Waals surface area contributed by atoms with Gasteiger partial charge in [0.15, 0.2) is 0 Å². The quantitative estimate of drug-likeness (QED) is 0.712. The number of benzene rings is 1. The van der Waals surface area contributed by atoms with Gasteiger partial charge in [0.25, 0.3) is 5.91 Å². The number of carbonyl (C=O) groups excluding carboxylic acids is 1. The SMILES string of the molecule is CCc1ccc(NC(=O)c2csc(-c3ccnc(N4CCOCC4)c3)n2)cc1. The number of nitrogens with zero attached hydrogens (tertiary/aromatic N) is 3. The average Bonchev–Trinajstić information content (AvgIpc) is 3.26. The first-order valence-electron chi connectivity index (χ1n) is 9.38. The van der Waals surface area contributed by atoms with Gasteiger partial charge in [-0.15, -0.1) is 11.3 Å². The molecule has 1 aromatic carbocycles. The summed E-state index contributed by atoms with van der Waals surface area (Å²) in [6, 6.07) is 11.8. The van der Waals surface area contributed by atoms with E-state index in [0.717, 1.165) is 41.6 Å². The van der Waals surface area contributed by atoms with Crippen LogP contribution in [-0.4, -0.2) is 42.2 Å². The Morgan fingerprint density at radius 2 is 2.00 bits per heavy atom. The molecule has 1 N–H and O–H groups in total. The number of thiazole rings is 1. The molecule has 28 heavy (non-hydrogen) atoms. The van der Waals surface area contributed by atoms with Crippen LogP contribution in [-0.2, 0) is 11.2 Å². The molecule has 0 aliphatic carbocycles. The summed E-state index contributed by atoms with van der Waals surface area (Å²) >= 11 is 1.46.